The predicted molar refractivity (Wildman–Crippen MR) is 58.7 cm³/mol. The van der Waals surface area contributed by atoms with Gasteiger partial charge >= 0.3 is 0 Å². The Labute approximate surface area is 89.9 Å². The second-order valence-corrected chi connectivity index (χ2v) is 3.23. The molecular weight excluding hydrogens is 194 g/mol. The molecular formula is C11H17NO3. The van der Waals surface area contributed by atoms with Crippen LogP contribution in [0.25, 0.3) is 0 Å². The minimum atomic E-state index is -0.152. The van der Waals surface area contributed by atoms with Crippen LogP contribution in [-0.2, 0) is 0 Å². The molecule has 1 aromatic rings. The molecule has 4 nitrogen and oxygen atoms in total. The molecule has 1 atom stereocenters. The minimum Gasteiger partial charge on any atom is -0.496 e. The number of ether oxygens (including phenoxy) is 3. The van der Waals surface area contributed by atoms with E-state index in [0.29, 0.717) is 17.2 Å². The number of nitrogens with two attached hydrogens (primary N) is 1. The first-order valence-corrected chi connectivity index (χ1v) is 4.69. The molecule has 15 heavy (non-hydrogen) atoms. The van der Waals surface area contributed by atoms with Crippen molar-refractivity contribution in [2.24, 2.45) is 5.73 Å². The van der Waals surface area contributed by atoms with Crippen molar-refractivity contribution in [2.45, 2.75) is 13.0 Å². The van der Waals surface area contributed by atoms with Crippen molar-refractivity contribution in [2.75, 3.05) is 21.3 Å². The summed E-state index contributed by atoms with van der Waals surface area (Å²) >= 11 is 0. The van der Waals surface area contributed by atoms with Crippen LogP contribution in [0.5, 0.6) is 17.2 Å². The van der Waals surface area contributed by atoms with Crippen molar-refractivity contribution in [3.8, 4) is 17.2 Å². The molecule has 0 radical (unpaired) electrons. The topological polar surface area (TPSA) is 53.7 Å². The third kappa shape index (κ3) is 2.33. The standard InChI is InChI=1S/C11H17NO3/c1-7(12)11-9(14-3)5-8(13-2)6-10(11)15-4/h5-7H,12H2,1-4H3. The van der Waals surface area contributed by atoms with Crippen molar-refractivity contribution in [1.29, 1.82) is 0 Å². The van der Waals surface area contributed by atoms with Crippen molar-refractivity contribution < 1.29 is 14.2 Å². The van der Waals surface area contributed by atoms with Crippen LogP contribution in [0, 0.1) is 0 Å². The third-order valence-corrected chi connectivity index (χ3v) is 2.21. The van der Waals surface area contributed by atoms with Crippen molar-refractivity contribution in [3.63, 3.8) is 0 Å². The number of hydrogen-bond donors (Lipinski definition) is 1. The number of benzene rings is 1. The van der Waals surface area contributed by atoms with Crippen LogP contribution in [0.1, 0.15) is 18.5 Å². The highest BCUT2D eigenvalue weighted by Gasteiger charge is 2.16. The predicted octanol–water partition coefficient (Wildman–Crippen LogP) is 1.73. The van der Waals surface area contributed by atoms with Gasteiger partial charge in [0.15, 0.2) is 0 Å². The van der Waals surface area contributed by atoms with Crippen LogP contribution in [-0.4, -0.2) is 21.3 Å². The molecule has 0 spiro atoms. The Balaban J connectivity index is 3.32. The summed E-state index contributed by atoms with van der Waals surface area (Å²) in [7, 11) is 4.79. The fourth-order valence-electron chi connectivity index (χ4n) is 1.48. The van der Waals surface area contributed by atoms with E-state index >= 15 is 0 Å². The van der Waals surface area contributed by atoms with Gasteiger partial charge < -0.3 is 19.9 Å². The molecule has 0 aliphatic rings. The van der Waals surface area contributed by atoms with Gasteiger partial charge in [0.25, 0.3) is 0 Å². The average molecular weight is 211 g/mol. The highest BCUT2D eigenvalue weighted by molar-refractivity contribution is 5.52. The van der Waals surface area contributed by atoms with E-state index in [-0.39, 0.29) is 6.04 Å². The van der Waals surface area contributed by atoms with Crippen LogP contribution in [0.15, 0.2) is 12.1 Å². The smallest absolute Gasteiger partial charge is 0.131 e. The largest absolute Gasteiger partial charge is 0.496 e. The first-order valence-electron chi connectivity index (χ1n) is 4.69. The molecule has 0 fully saturated rings. The zero-order valence-electron chi connectivity index (χ0n) is 9.53. The summed E-state index contributed by atoms with van der Waals surface area (Å²) in [5, 5.41) is 0. The van der Waals surface area contributed by atoms with Gasteiger partial charge in [0.05, 0.1) is 26.9 Å². The molecule has 0 heterocycles. The summed E-state index contributed by atoms with van der Waals surface area (Å²) in [6, 6.07) is 3.43. The SMILES string of the molecule is COc1cc(OC)c(C(C)N)c(OC)c1. The second kappa shape index (κ2) is 4.89. The number of methoxy groups -OCH3 is 3. The van der Waals surface area contributed by atoms with Gasteiger partial charge in [-0.25, -0.2) is 0 Å². The van der Waals surface area contributed by atoms with E-state index in [1.54, 1.807) is 33.5 Å². The summed E-state index contributed by atoms with van der Waals surface area (Å²) in [6.07, 6.45) is 0. The van der Waals surface area contributed by atoms with Crippen LogP contribution >= 0.6 is 0 Å². The van der Waals surface area contributed by atoms with Crippen LogP contribution in [0.3, 0.4) is 0 Å². The van der Waals surface area contributed by atoms with Crippen LogP contribution < -0.4 is 19.9 Å². The van der Waals surface area contributed by atoms with Gasteiger partial charge in [-0.1, -0.05) is 0 Å². The van der Waals surface area contributed by atoms with E-state index < -0.39 is 0 Å². The Morgan fingerprint density at radius 1 is 1.00 bits per heavy atom. The summed E-state index contributed by atoms with van der Waals surface area (Å²) in [6.45, 7) is 1.88. The van der Waals surface area contributed by atoms with Gasteiger partial charge in [-0.2, -0.15) is 0 Å². The van der Waals surface area contributed by atoms with Crippen LogP contribution in [0.4, 0.5) is 0 Å². The molecule has 4 heteroatoms. The number of hydrogen-bond acceptors (Lipinski definition) is 4. The van der Waals surface area contributed by atoms with E-state index in [9.17, 15) is 0 Å². The van der Waals surface area contributed by atoms with Crippen molar-refractivity contribution >= 4 is 0 Å². The van der Waals surface area contributed by atoms with E-state index in [1.807, 2.05) is 6.92 Å². The maximum Gasteiger partial charge on any atom is 0.131 e. The lowest BCUT2D eigenvalue weighted by molar-refractivity contribution is 0.365. The summed E-state index contributed by atoms with van der Waals surface area (Å²) < 4.78 is 15.6. The zero-order chi connectivity index (χ0) is 11.4. The highest BCUT2D eigenvalue weighted by Crippen LogP contribution is 2.37. The monoisotopic (exact) mass is 211 g/mol. The van der Waals surface area contributed by atoms with E-state index in [1.165, 1.54) is 0 Å². The fraction of sp³-hybridized carbons (Fsp3) is 0.455. The summed E-state index contributed by atoms with van der Waals surface area (Å²) in [5.74, 6) is 2.05. The van der Waals surface area contributed by atoms with Crippen molar-refractivity contribution in [1.82, 2.24) is 0 Å². The fourth-order valence-corrected chi connectivity index (χ4v) is 1.48. The van der Waals surface area contributed by atoms with Gasteiger partial charge in [-0.15, -0.1) is 0 Å². The first-order chi connectivity index (χ1) is 7.13. The normalized spacial score (nSPS) is 12.1. The van der Waals surface area contributed by atoms with Crippen LogP contribution in [0.2, 0.25) is 0 Å². The Morgan fingerprint density at radius 2 is 1.47 bits per heavy atom. The summed E-state index contributed by atoms with van der Waals surface area (Å²) in [5.41, 5.74) is 6.71. The Bertz CT molecular complexity index is 312. The Hall–Kier alpha value is -1.42. The third-order valence-electron chi connectivity index (χ3n) is 2.21. The zero-order valence-corrected chi connectivity index (χ0v) is 9.53. The Kier molecular flexibility index (Phi) is 3.80. The molecule has 0 aliphatic carbocycles. The molecule has 84 valence electrons. The molecule has 0 aromatic heterocycles. The Morgan fingerprint density at radius 3 is 1.73 bits per heavy atom. The lowest BCUT2D eigenvalue weighted by atomic mass is 10.1. The van der Waals surface area contributed by atoms with E-state index in [0.717, 1.165) is 5.56 Å². The first kappa shape index (κ1) is 11.7. The van der Waals surface area contributed by atoms with Crippen molar-refractivity contribution in [3.05, 3.63) is 17.7 Å². The number of rotatable bonds is 4. The second-order valence-electron chi connectivity index (χ2n) is 3.23. The van der Waals surface area contributed by atoms with Gasteiger partial charge in [0.1, 0.15) is 17.2 Å². The van der Waals surface area contributed by atoms with E-state index in [4.69, 9.17) is 19.9 Å². The molecule has 1 aromatic carbocycles. The average Bonchev–Trinajstić information content (AvgIpc) is 2.26. The molecule has 1 rings (SSSR count). The minimum absolute atomic E-state index is 0.152. The highest BCUT2D eigenvalue weighted by atomic mass is 16.5. The van der Waals surface area contributed by atoms with Gasteiger partial charge in [0.2, 0.25) is 0 Å². The maximum atomic E-state index is 5.86. The summed E-state index contributed by atoms with van der Waals surface area (Å²) in [4.78, 5) is 0. The van der Waals surface area contributed by atoms with Gasteiger partial charge in [-0.05, 0) is 6.92 Å². The molecule has 0 bridgehead atoms. The molecule has 1 unspecified atom stereocenters. The molecule has 0 aliphatic heterocycles. The van der Waals surface area contributed by atoms with Gasteiger partial charge in [-0.3, -0.25) is 0 Å². The lowest BCUT2D eigenvalue weighted by Crippen LogP contribution is -2.09. The van der Waals surface area contributed by atoms with Gasteiger partial charge in [0, 0.05) is 18.2 Å². The lowest BCUT2D eigenvalue weighted by Gasteiger charge is -2.17. The van der Waals surface area contributed by atoms with E-state index in [2.05, 4.69) is 0 Å². The maximum absolute atomic E-state index is 5.86. The molecule has 0 saturated carbocycles. The molecule has 0 amide bonds. The quantitative estimate of drug-likeness (QED) is 0.824. The molecule has 2 N–H and O–H groups in total. The molecule has 0 saturated heterocycles.